The average molecular weight is 314 g/mol. The second kappa shape index (κ2) is 8.52. The second-order valence-corrected chi connectivity index (χ2v) is 5.11. The van der Waals surface area contributed by atoms with Crippen molar-refractivity contribution in [2.75, 3.05) is 13.7 Å². The molecule has 1 rings (SSSR count). The number of hydrogen-bond acceptors (Lipinski definition) is 4. The SMILES string of the molecule is CCCC(C)NC(=O)COc1c(Cl)cc(C=O)cc1OC. The van der Waals surface area contributed by atoms with Crippen molar-refractivity contribution >= 4 is 23.8 Å². The van der Waals surface area contributed by atoms with E-state index in [1.54, 1.807) is 0 Å². The van der Waals surface area contributed by atoms with Crippen LogP contribution in [-0.2, 0) is 4.79 Å². The fourth-order valence-electron chi connectivity index (χ4n) is 1.91. The lowest BCUT2D eigenvalue weighted by Gasteiger charge is -2.15. The molecule has 0 spiro atoms. The largest absolute Gasteiger partial charge is 0.493 e. The molecule has 0 bridgehead atoms. The van der Waals surface area contributed by atoms with E-state index in [4.69, 9.17) is 21.1 Å². The molecule has 0 aliphatic carbocycles. The molecule has 1 amide bonds. The fraction of sp³-hybridized carbons (Fsp3) is 0.467. The molecule has 0 fully saturated rings. The fourth-order valence-corrected chi connectivity index (χ4v) is 2.18. The lowest BCUT2D eigenvalue weighted by Crippen LogP contribution is -2.36. The Morgan fingerprint density at radius 3 is 2.76 bits per heavy atom. The molecule has 0 heterocycles. The Kier molecular flexibility index (Phi) is 7.02. The number of nitrogens with one attached hydrogen (secondary N) is 1. The third kappa shape index (κ3) is 5.27. The predicted molar refractivity (Wildman–Crippen MR) is 81.4 cm³/mol. The summed E-state index contributed by atoms with van der Waals surface area (Å²) in [5, 5.41) is 3.05. The van der Waals surface area contributed by atoms with Crippen LogP contribution in [0.15, 0.2) is 12.1 Å². The number of aldehydes is 1. The molecule has 0 saturated heterocycles. The lowest BCUT2D eigenvalue weighted by molar-refractivity contribution is -0.123. The van der Waals surface area contributed by atoms with Gasteiger partial charge in [0.25, 0.3) is 5.91 Å². The van der Waals surface area contributed by atoms with Crippen LogP contribution in [0, 0.1) is 0 Å². The highest BCUT2D eigenvalue weighted by atomic mass is 35.5. The molecular formula is C15H20ClNO4. The van der Waals surface area contributed by atoms with Crippen molar-refractivity contribution in [2.45, 2.75) is 32.7 Å². The van der Waals surface area contributed by atoms with Crippen molar-refractivity contribution < 1.29 is 19.1 Å². The van der Waals surface area contributed by atoms with Crippen molar-refractivity contribution in [3.8, 4) is 11.5 Å². The summed E-state index contributed by atoms with van der Waals surface area (Å²) < 4.78 is 10.5. The van der Waals surface area contributed by atoms with E-state index < -0.39 is 0 Å². The molecule has 1 aromatic carbocycles. The molecule has 0 aliphatic rings. The van der Waals surface area contributed by atoms with Crippen LogP contribution in [0.5, 0.6) is 11.5 Å². The average Bonchev–Trinajstić information content (AvgIpc) is 2.45. The topological polar surface area (TPSA) is 64.6 Å². The molecule has 5 nitrogen and oxygen atoms in total. The van der Waals surface area contributed by atoms with Gasteiger partial charge in [-0.05, 0) is 25.5 Å². The maximum Gasteiger partial charge on any atom is 0.258 e. The van der Waals surface area contributed by atoms with Crippen molar-refractivity contribution in [3.05, 3.63) is 22.7 Å². The van der Waals surface area contributed by atoms with Gasteiger partial charge in [0.1, 0.15) is 6.29 Å². The highest BCUT2D eigenvalue weighted by Gasteiger charge is 2.14. The summed E-state index contributed by atoms with van der Waals surface area (Å²) in [6.45, 7) is 3.83. The Hall–Kier alpha value is -1.75. The van der Waals surface area contributed by atoms with Gasteiger partial charge in [0.2, 0.25) is 0 Å². The summed E-state index contributed by atoms with van der Waals surface area (Å²) >= 11 is 6.04. The summed E-state index contributed by atoms with van der Waals surface area (Å²) in [5.74, 6) is 0.343. The van der Waals surface area contributed by atoms with E-state index in [0.29, 0.717) is 17.6 Å². The first-order valence-electron chi connectivity index (χ1n) is 6.76. The summed E-state index contributed by atoms with van der Waals surface area (Å²) in [7, 11) is 1.44. The quantitative estimate of drug-likeness (QED) is 0.750. The zero-order valence-corrected chi connectivity index (χ0v) is 13.2. The Bertz CT molecular complexity index is 505. The first-order valence-corrected chi connectivity index (χ1v) is 7.14. The zero-order valence-electron chi connectivity index (χ0n) is 12.4. The Morgan fingerprint density at radius 2 is 2.19 bits per heavy atom. The molecule has 116 valence electrons. The van der Waals surface area contributed by atoms with E-state index in [2.05, 4.69) is 12.2 Å². The summed E-state index contributed by atoms with van der Waals surface area (Å²) in [4.78, 5) is 22.5. The van der Waals surface area contributed by atoms with E-state index >= 15 is 0 Å². The van der Waals surface area contributed by atoms with Crippen molar-refractivity contribution in [1.82, 2.24) is 5.32 Å². The van der Waals surface area contributed by atoms with Crippen LogP contribution in [0.25, 0.3) is 0 Å². The minimum absolute atomic E-state index is 0.0981. The van der Waals surface area contributed by atoms with E-state index in [1.165, 1.54) is 19.2 Å². The second-order valence-electron chi connectivity index (χ2n) is 4.70. The standard InChI is InChI=1S/C15H20ClNO4/c1-4-5-10(2)17-14(19)9-21-15-12(16)6-11(8-18)7-13(15)20-3/h6-8,10H,4-5,9H2,1-3H3,(H,17,19). The van der Waals surface area contributed by atoms with Gasteiger partial charge in [-0.1, -0.05) is 24.9 Å². The van der Waals surface area contributed by atoms with Crippen LogP contribution < -0.4 is 14.8 Å². The van der Waals surface area contributed by atoms with Gasteiger partial charge < -0.3 is 14.8 Å². The normalized spacial score (nSPS) is 11.6. The van der Waals surface area contributed by atoms with Gasteiger partial charge in [-0.2, -0.15) is 0 Å². The number of carbonyl (C=O) groups excluding carboxylic acids is 2. The Labute approximate surface area is 129 Å². The number of halogens is 1. The van der Waals surface area contributed by atoms with Gasteiger partial charge in [-0.3, -0.25) is 9.59 Å². The number of ether oxygens (including phenoxy) is 2. The summed E-state index contributed by atoms with van der Waals surface area (Å²) in [6.07, 6.45) is 2.57. The van der Waals surface area contributed by atoms with Crippen LogP contribution in [0.4, 0.5) is 0 Å². The van der Waals surface area contributed by atoms with Gasteiger partial charge in [0.15, 0.2) is 18.1 Å². The highest BCUT2D eigenvalue weighted by molar-refractivity contribution is 6.32. The van der Waals surface area contributed by atoms with Crippen LogP contribution in [-0.4, -0.2) is 32.0 Å². The Morgan fingerprint density at radius 1 is 1.48 bits per heavy atom. The van der Waals surface area contributed by atoms with E-state index in [1.807, 2.05) is 6.92 Å². The minimum atomic E-state index is -0.228. The van der Waals surface area contributed by atoms with Crippen molar-refractivity contribution in [1.29, 1.82) is 0 Å². The third-order valence-electron chi connectivity index (χ3n) is 2.86. The van der Waals surface area contributed by atoms with E-state index in [9.17, 15) is 9.59 Å². The van der Waals surface area contributed by atoms with Crippen molar-refractivity contribution in [3.63, 3.8) is 0 Å². The first-order chi connectivity index (χ1) is 10.0. The molecule has 21 heavy (non-hydrogen) atoms. The molecular weight excluding hydrogens is 294 g/mol. The molecule has 1 N–H and O–H groups in total. The maximum atomic E-state index is 11.8. The summed E-state index contributed by atoms with van der Waals surface area (Å²) in [6, 6.07) is 3.07. The number of hydrogen-bond donors (Lipinski definition) is 1. The molecule has 0 aliphatic heterocycles. The smallest absolute Gasteiger partial charge is 0.258 e. The molecule has 0 saturated carbocycles. The number of rotatable bonds is 8. The van der Waals surface area contributed by atoms with Crippen molar-refractivity contribution in [2.24, 2.45) is 0 Å². The maximum absolute atomic E-state index is 11.8. The highest BCUT2D eigenvalue weighted by Crippen LogP contribution is 2.35. The molecule has 1 atom stereocenters. The van der Waals surface area contributed by atoms with Gasteiger partial charge in [-0.15, -0.1) is 0 Å². The Balaban J connectivity index is 2.70. The number of amides is 1. The monoisotopic (exact) mass is 313 g/mol. The zero-order chi connectivity index (χ0) is 15.8. The number of methoxy groups -OCH3 is 1. The predicted octanol–water partition coefficient (Wildman–Crippen LogP) is 2.84. The third-order valence-corrected chi connectivity index (χ3v) is 3.15. The molecule has 0 aromatic heterocycles. The van der Waals surface area contributed by atoms with Crippen LogP contribution >= 0.6 is 11.6 Å². The van der Waals surface area contributed by atoms with Gasteiger partial charge in [0.05, 0.1) is 12.1 Å². The number of carbonyl (C=O) groups is 2. The van der Waals surface area contributed by atoms with E-state index in [0.717, 1.165) is 12.8 Å². The van der Waals surface area contributed by atoms with Crippen LogP contribution in [0.1, 0.15) is 37.0 Å². The van der Waals surface area contributed by atoms with Gasteiger partial charge in [-0.25, -0.2) is 0 Å². The molecule has 0 radical (unpaired) electrons. The first kappa shape index (κ1) is 17.3. The van der Waals surface area contributed by atoms with Gasteiger partial charge in [0, 0.05) is 11.6 Å². The molecule has 6 heteroatoms. The minimum Gasteiger partial charge on any atom is -0.493 e. The summed E-state index contributed by atoms with van der Waals surface area (Å²) in [5.41, 5.74) is 0.380. The van der Waals surface area contributed by atoms with E-state index in [-0.39, 0.29) is 29.3 Å². The molecule has 1 aromatic rings. The van der Waals surface area contributed by atoms with Gasteiger partial charge >= 0.3 is 0 Å². The molecule has 1 unspecified atom stereocenters. The van der Waals surface area contributed by atoms with Crippen LogP contribution in [0.3, 0.4) is 0 Å². The van der Waals surface area contributed by atoms with Crippen LogP contribution in [0.2, 0.25) is 5.02 Å². The number of benzene rings is 1. The lowest BCUT2D eigenvalue weighted by atomic mass is 10.2.